The molecular weight excluding hydrogens is 232 g/mol. The lowest BCUT2D eigenvalue weighted by atomic mass is 10.2. The molecule has 0 atom stereocenters. The molecule has 0 fully saturated rings. The molecule has 0 bridgehead atoms. The minimum Gasteiger partial charge on any atom is -0.396 e. The Kier molecular flexibility index (Phi) is 15.5. The number of hydrogen-bond acceptors (Lipinski definition) is 1. The maximum atomic E-state index is 8.58. The van der Waals surface area contributed by atoms with Gasteiger partial charge < -0.3 is 5.11 Å². The van der Waals surface area contributed by atoms with Crippen molar-refractivity contribution >= 4 is 0 Å². The maximum Gasteiger partial charge on any atom is 0.0465 e. The second-order valence-electron chi connectivity index (χ2n) is 4.22. The molecule has 0 saturated carbocycles. The van der Waals surface area contributed by atoms with Gasteiger partial charge in [-0.25, -0.2) is 0 Å². The van der Waals surface area contributed by atoms with Gasteiger partial charge in [0.05, 0.1) is 0 Å². The molecule has 0 aromatic heterocycles. The summed E-state index contributed by atoms with van der Waals surface area (Å²) >= 11 is 0. The highest BCUT2D eigenvalue weighted by Gasteiger charge is 1.75. The Labute approximate surface area is 118 Å². The Morgan fingerprint density at radius 2 is 0.947 bits per heavy atom. The van der Waals surface area contributed by atoms with E-state index in [0.717, 1.165) is 38.5 Å². The molecule has 0 spiro atoms. The van der Waals surface area contributed by atoms with Gasteiger partial charge in [-0.1, -0.05) is 67.7 Å². The molecule has 0 aliphatic carbocycles. The molecule has 0 aromatic carbocycles. The van der Waals surface area contributed by atoms with E-state index in [1.54, 1.807) is 0 Å². The van der Waals surface area contributed by atoms with E-state index in [1.807, 2.05) is 6.08 Å². The fraction of sp³-hybridized carbons (Fsp3) is 0.444. The van der Waals surface area contributed by atoms with Crippen LogP contribution in [0.3, 0.4) is 0 Å². The summed E-state index contributed by atoms with van der Waals surface area (Å²) in [5, 5.41) is 8.58. The first kappa shape index (κ1) is 17.7. The highest BCUT2D eigenvalue weighted by atomic mass is 16.2. The number of hydrogen-bond donors (Lipinski definition) is 1. The summed E-state index contributed by atoms with van der Waals surface area (Å²) in [6.45, 7) is 2.39. The second kappa shape index (κ2) is 16.7. The van der Waals surface area contributed by atoms with Crippen LogP contribution in [0.5, 0.6) is 0 Å². The molecule has 0 saturated heterocycles. The Morgan fingerprint density at radius 1 is 0.579 bits per heavy atom. The van der Waals surface area contributed by atoms with Crippen LogP contribution in [0.2, 0.25) is 0 Å². The zero-order chi connectivity index (χ0) is 14.0. The van der Waals surface area contributed by atoms with Crippen LogP contribution in [-0.2, 0) is 0 Å². The fourth-order valence-corrected chi connectivity index (χ4v) is 1.44. The first-order chi connectivity index (χ1) is 9.41. The van der Waals surface area contributed by atoms with E-state index >= 15 is 0 Å². The average molecular weight is 260 g/mol. The van der Waals surface area contributed by atoms with Gasteiger partial charge in [-0.15, -0.1) is 0 Å². The Hall–Kier alpha value is -1.34. The van der Waals surface area contributed by atoms with Crippen molar-refractivity contribution in [1.29, 1.82) is 0 Å². The van der Waals surface area contributed by atoms with E-state index in [9.17, 15) is 0 Å². The lowest BCUT2D eigenvalue weighted by Crippen LogP contribution is -1.74. The molecule has 106 valence electrons. The van der Waals surface area contributed by atoms with Gasteiger partial charge in [0.1, 0.15) is 0 Å². The highest BCUT2D eigenvalue weighted by Crippen LogP contribution is 1.95. The first-order valence-electron chi connectivity index (χ1n) is 7.27. The lowest BCUT2D eigenvalue weighted by molar-refractivity contribution is 0.302. The predicted octanol–water partition coefficient (Wildman–Crippen LogP) is 5.12. The molecule has 0 amide bonds. The van der Waals surface area contributed by atoms with Gasteiger partial charge in [-0.2, -0.15) is 0 Å². The molecule has 1 N–H and O–H groups in total. The van der Waals surface area contributed by atoms with Crippen LogP contribution in [0.25, 0.3) is 0 Å². The zero-order valence-electron chi connectivity index (χ0n) is 12.2. The molecule has 1 nitrogen and oxygen atoms in total. The topological polar surface area (TPSA) is 20.2 Å². The summed E-state index contributed by atoms with van der Waals surface area (Å²) < 4.78 is 0. The van der Waals surface area contributed by atoms with Crippen LogP contribution >= 0.6 is 0 Å². The maximum absolute atomic E-state index is 8.58. The van der Waals surface area contributed by atoms with Gasteiger partial charge in [0.15, 0.2) is 0 Å². The molecule has 0 radical (unpaired) electrons. The van der Waals surface area contributed by atoms with Gasteiger partial charge in [-0.05, 0) is 38.5 Å². The minimum absolute atomic E-state index is 0.241. The fourth-order valence-electron chi connectivity index (χ4n) is 1.44. The van der Waals surface area contributed by atoms with E-state index in [-0.39, 0.29) is 6.61 Å². The highest BCUT2D eigenvalue weighted by molar-refractivity contribution is 5.00. The van der Waals surface area contributed by atoms with Crippen LogP contribution in [0.15, 0.2) is 60.8 Å². The third kappa shape index (κ3) is 16.7. The normalized spacial score (nSPS) is 13.2. The van der Waals surface area contributed by atoms with Crippen molar-refractivity contribution < 1.29 is 5.11 Å². The molecule has 0 aliphatic heterocycles. The van der Waals surface area contributed by atoms with Crippen molar-refractivity contribution in [2.75, 3.05) is 6.61 Å². The monoisotopic (exact) mass is 260 g/mol. The Bertz CT molecular complexity index is 306. The van der Waals surface area contributed by atoms with E-state index in [1.165, 1.54) is 0 Å². The van der Waals surface area contributed by atoms with E-state index in [2.05, 4.69) is 61.6 Å². The summed E-state index contributed by atoms with van der Waals surface area (Å²) in [5.74, 6) is 0. The first-order valence-corrected chi connectivity index (χ1v) is 7.27. The number of rotatable bonds is 11. The molecular formula is C18H28O. The number of allylic oxidation sites excluding steroid dienone is 9. The molecule has 0 aliphatic rings. The Balaban J connectivity index is 3.43. The van der Waals surface area contributed by atoms with E-state index < -0.39 is 0 Å². The smallest absolute Gasteiger partial charge is 0.0465 e. The summed E-state index contributed by atoms with van der Waals surface area (Å²) in [6.07, 6.45) is 27.5. The third-order valence-corrected chi connectivity index (χ3v) is 2.45. The van der Waals surface area contributed by atoms with Crippen molar-refractivity contribution in [2.24, 2.45) is 0 Å². The van der Waals surface area contributed by atoms with Gasteiger partial charge in [0.25, 0.3) is 0 Å². The summed E-state index contributed by atoms with van der Waals surface area (Å²) in [4.78, 5) is 0. The standard InChI is InChI=1S/C18H28O/c1-2-3-4-5-6-7-8-9-10-11-12-13-14-15-16-17-18-19/h3-4,6-7,9-10,12-13,15-16,19H,2,5,8,11,14,17-18H2,1H3. The minimum atomic E-state index is 0.241. The average Bonchev–Trinajstić information content (AvgIpc) is 2.43. The second-order valence-corrected chi connectivity index (χ2v) is 4.22. The molecule has 0 heterocycles. The SMILES string of the molecule is CCC=CCC=CCC=CCC=CCC=CCCO. The van der Waals surface area contributed by atoms with Crippen LogP contribution < -0.4 is 0 Å². The van der Waals surface area contributed by atoms with Crippen LogP contribution in [0.1, 0.15) is 45.4 Å². The van der Waals surface area contributed by atoms with Gasteiger partial charge in [0.2, 0.25) is 0 Å². The van der Waals surface area contributed by atoms with Crippen molar-refractivity contribution in [3.05, 3.63) is 60.8 Å². The van der Waals surface area contributed by atoms with Crippen molar-refractivity contribution in [2.45, 2.75) is 45.4 Å². The van der Waals surface area contributed by atoms with Crippen LogP contribution in [0.4, 0.5) is 0 Å². The van der Waals surface area contributed by atoms with Crippen molar-refractivity contribution in [1.82, 2.24) is 0 Å². The summed E-state index contributed by atoms with van der Waals surface area (Å²) in [7, 11) is 0. The summed E-state index contributed by atoms with van der Waals surface area (Å²) in [6, 6.07) is 0. The molecule has 0 unspecified atom stereocenters. The number of aliphatic hydroxyl groups is 1. The lowest BCUT2D eigenvalue weighted by Gasteiger charge is -1.85. The zero-order valence-corrected chi connectivity index (χ0v) is 12.2. The predicted molar refractivity (Wildman–Crippen MR) is 86.2 cm³/mol. The summed E-state index contributed by atoms with van der Waals surface area (Å²) in [5.41, 5.74) is 0. The number of aliphatic hydroxyl groups excluding tert-OH is 1. The molecule has 0 rings (SSSR count). The van der Waals surface area contributed by atoms with Crippen molar-refractivity contribution in [3.8, 4) is 0 Å². The van der Waals surface area contributed by atoms with Gasteiger partial charge >= 0.3 is 0 Å². The Morgan fingerprint density at radius 3 is 1.32 bits per heavy atom. The largest absolute Gasteiger partial charge is 0.396 e. The molecule has 19 heavy (non-hydrogen) atoms. The van der Waals surface area contributed by atoms with E-state index in [4.69, 9.17) is 5.11 Å². The van der Waals surface area contributed by atoms with E-state index in [0.29, 0.717) is 0 Å². The van der Waals surface area contributed by atoms with Crippen LogP contribution in [0, 0.1) is 0 Å². The quantitative estimate of drug-likeness (QED) is 0.511. The van der Waals surface area contributed by atoms with Crippen molar-refractivity contribution in [3.63, 3.8) is 0 Å². The molecule has 1 heteroatoms. The third-order valence-electron chi connectivity index (χ3n) is 2.45. The van der Waals surface area contributed by atoms with Gasteiger partial charge in [0, 0.05) is 6.61 Å². The molecule has 0 aromatic rings. The van der Waals surface area contributed by atoms with Gasteiger partial charge in [-0.3, -0.25) is 0 Å². The van der Waals surface area contributed by atoms with Crippen LogP contribution in [-0.4, -0.2) is 11.7 Å².